The molecule has 0 aliphatic rings. The van der Waals surface area contributed by atoms with Crippen molar-refractivity contribution in [2.24, 2.45) is 0 Å². The summed E-state index contributed by atoms with van der Waals surface area (Å²) >= 11 is 0.942. The molecular weight excluding hydrogens is 246 g/mol. The van der Waals surface area contributed by atoms with Crippen LogP contribution in [0.25, 0.3) is 0 Å². The quantitative estimate of drug-likeness (QED) is 0.561. The molecule has 1 unspecified atom stereocenters. The third-order valence-electron chi connectivity index (χ3n) is 1.94. The second-order valence-electron chi connectivity index (χ2n) is 3.49. The number of hydrogen-bond acceptors (Lipinski definition) is 4. The van der Waals surface area contributed by atoms with Crippen LogP contribution in [0.15, 0.2) is 0 Å². The maximum absolute atomic E-state index is 11.3. The molecule has 7 heteroatoms. The highest BCUT2D eigenvalue weighted by Gasteiger charge is 2.18. The van der Waals surface area contributed by atoms with Crippen LogP contribution in [0.3, 0.4) is 0 Å². The molecule has 17 heavy (non-hydrogen) atoms. The molecule has 0 heterocycles. The summed E-state index contributed by atoms with van der Waals surface area (Å²) in [5.74, 6) is -2.71. The fraction of sp³-hybridized carbons (Fsp3) is 0.700. The van der Waals surface area contributed by atoms with Gasteiger partial charge in [0.1, 0.15) is 6.04 Å². The van der Waals surface area contributed by atoms with Gasteiger partial charge in [0.05, 0.1) is 11.5 Å². The third kappa shape index (κ3) is 8.56. The van der Waals surface area contributed by atoms with E-state index in [0.717, 1.165) is 24.6 Å². The predicted molar refractivity (Wildman–Crippen MR) is 64.1 cm³/mol. The zero-order valence-corrected chi connectivity index (χ0v) is 10.5. The Hall–Kier alpha value is -1.24. The van der Waals surface area contributed by atoms with Gasteiger partial charge in [-0.3, -0.25) is 9.59 Å². The Morgan fingerprint density at radius 3 is 2.35 bits per heavy atom. The van der Waals surface area contributed by atoms with Crippen molar-refractivity contribution in [2.75, 3.05) is 11.5 Å². The number of nitrogens with one attached hydrogen (secondary N) is 1. The molecular formula is C10H17NO5S. The average Bonchev–Trinajstić information content (AvgIpc) is 2.23. The Morgan fingerprint density at radius 1 is 1.24 bits per heavy atom. The van der Waals surface area contributed by atoms with Crippen molar-refractivity contribution in [2.45, 2.75) is 32.2 Å². The minimum Gasteiger partial charge on any atom is -0.481 e. The number of unbranched alkanes of at least 4 members (excludes halogenated alkanes) is 1. The molecule has 0 aliphatic heterocycles. The van der Waals surface area contributed by atoms with Crippen molar-refractivity contribution in [1.29, 1.82) is 0 Å². The number of rotatable bonds is 9. The molecule has 1 amide bonds. The lowest BCUT2D eigenvalue weighted by atomic mass is 10.1. The zero-order valence-electron chi connectivity index (χ0n) is 9.64. The molecule has 0 bridgehead atoms. The number of carbonyl (C=O) groups is 3. The van der Waals surface area contributed by atoms with Crippen LogP contribution in [0.4, 0.5) is 0 Å². The highest BCUT2D eigenvalue weighted by atomic mass is 32.2. The van der Waals surface area contributed by atoms with Crippen molar-refractivity contribution in [1.82, 2.24) is 5.32 Å². The van der Waals surface area contributed by atoms with Crippen LogP contribution < -0.4 is 5.32 Å². The summed E-state index contributed by atoms with van der Waals surface area (Å²) in [5, 5.41) is 19.6. The van der Waals surface area contributed by atoms with Crippen molar-refractivity contribution >= 4 is 29.6 Å². The maximum Gasteiger partial charge on any atom is 0.326 e. The predicted octanol–water partition coefficient (Wildman–Crippen LogP) is 0.564. The summed E-state index contributed by atoms with van der Waals surface area (Å²) < 4.78 is 0. The van der Waals surface area contributed by atoms with E-state index in [4.69, 9.17) is 10.2 Å². The molecule has 0 radical (unpaired) electrons. The van der Waals surface area contributed by atoms with Gasteiger partial charge in [-0.2, -0.15) is 0 Å². The summed E-state index contributed by atoms with van der Waals surface area (Å²) in [6, 6.07) is -0.882. The molecule has 0 fully saturated rings. The highest BCUT2D eigenvalue weighted by molar-refractivity contribution is 8.00. The second kappa shape index (κ2) is 8.86. The van der Waals surface area contributed by atoms with E-state index in [1.165, 1.54) is 0 Å². The van der Waals surface area contributed by atoms with Gasteiger partial charge in [-0.25, -0.2) is 4.79 Å². The lowest BCUT2D eigenvalue weighted by molar-refractivity contribution is -0.141. The van der Waals surface area contributed by atoms with Crippen LogP contribution in [0.2, 0.25) is 0 Å². The molecule has 0 aromatic carbocycles. The van der Waals surface area contributed by atoms with Crippen molar-refractivity contribution in [3.8, 4) is 0 Å². The van der Waals surface area contributed by atoms with Crippen LogP contribution in [0.5, 0.6) is 0 Å². The van der Waals surface area contributed by atoms with Gasteiger partial charge >= 0.3 is 11.9 Å². The molecule has 0 aliphatic carbocycles. The van der Waals surface area contributed by atoms with E-state index in [9.17, 15) is 14.4 Å². The first-order valence-electron chi connectivity index (χ1n) is 5.29. The number of aliphatic carboxylic acids is 2. The van der Waals surface area contributed by atoms with Crippen molar-refractivity contribution in [3.63, 3.8) is 0 Å². The minimum absolute atomic E-state index is 0.0395. The van der Waals surface area contributed by atoms with Gasteiger partial charge in [0, 0.05) is 0 Å². The monoisotopic (exact) mass is 263 g/mol. The van der Waals surface area contributed by atoms with Gasteiger partial charge in [0.2, 0.25) is 5.91 Å². The normalized spacial score (nSPS) is 11.8. The van der Waals surface area contributed by atoms with E-state index >= 15 is 0 Å². The number of carbonyl (C=O) groups excluding carboxylic acids is 1. The van der Waals surface area contributed by atoms with Gasteiger partial charge in [0.15, 0.2) is 0 Å². The van der Waals surface area contributed by atoms with Gasteiger partial charge in [-0.1, -0.05) is 19.8 Å². The topological polar surface area (TPSA) is 104 Å². The van der Waals surface area contributed by atoms with Crippen LogP contribution in [-0.4, -0.2) is 45.6 Å². The average molecular weight is 263 g/mol. The van der Waals surface area contributed by atoms with E-state index in [2.05, 4.69) is 5.32 Å². The summed E-state index contributed by atoms with van der Waals surface area (Å²) in [4.78, 5) is 32.3. The Bertz CT molecular complexity index is 282. The van der Waals surface area contributed by atoms with Gasteiger partial charge in [0.25, 0.3) is 0 Å². The molecule has 98 valence electrons. The van der Waals surface area contributed by atoms with E-state index in [1.54, 1.807) is 0 Å². The molecule has 0 aromatic rings. The van der Waals surface area contributed by atoms with Crippen LogP contribution in [0.1, 0.15) is 26.2 Å². The molecule has 0 spiro atoms. The summed E-state index contributed by atoms with van der Waals surface area (Å²) in [5.41, 5.74) is 0. The van der Waals surface area contributed by atoms with Crippen molar-refractivity contribution < 1.29 is 24.6 Å². The summed E-state index contributed by atoms with van der Waals surface area (Å²) in [7, 11) is 0. The number of hydrogen-bond donors (Lipinski definition) is 3. The minimum atomic E-state index is -1.06. The molecule has 0 saturated carbocycles. The Labute approximate surface area is 104 Å². The largest absolute Gasteiger partial charge is 0.481 e. The number of amides is 1. The van der Waals surface area contributed by atoms with E-state index < -0.39 is 23.9 Å². The zero-order chi connectivity index (χ0) is 13.3. The van der Waals surface area contributed by atoms with Gasteiger partial charge < -0.3 is 15.5 Å². The molecule has 0 aromatic heterocycles. The molecule has 0 saturated heterocycles. The number of thioether (sulfide) groups is 1. The van der Waals surface area contributed by atoms with E-state index in [0.29, 0.717) is 6.42 Å². The highest BCUT2D eigenvalue weighted by Crippen LogP contribution is 2.03. The van der Waals surface area contributed by atoms with Gasteiger partial charge in [-0.15, -0.1) is 11.8 Å². The number of carboxylic acids is 2. The standard InChI is InChI=1S/C10H17NO5S/c1-2-3-4-7(10(15)16)11-8(12)5-17-6-9(13)14/h7H,2-6H2,1H3,(H,11,12)(H,13,14)(H,15,16). The summed E-state index contributed by atoms with van der Waals surface area (Å²) in [6.07, 6.45) is 1.97. The molecule has 6 nitrogen and oxygen atoms in total. The van der Waals surface area contributed by atoms with Gasteiger partial charge in [-0.05, 0) is 6.42 Å². The smallest absolute Gasteiger partial charge is 0.326 e. The molecule has 1 atom stereocenters. The molecule has 3 N–H and O–H groups in total. The first kappa shape index (κ1) is 15.8. The van der Waals surface area contributed by atoms with Crippen LogP contribution in [0, 0.1) is 0 Å². The fourth-order valence-corrected chi connectivity index (χ4v) is 1.68. The van der Waals surface area contributed by atoms with Crippen molar-refractivity contribution in [3.05, 3.63) is 0 Å². The Balaban J connectivity index is 3.95. The maximum atomic E-state index is 11.3. The Morgan fingerprint density at radius 2 is 1.88 bits per heavy atom. The number of carboxylic acid groups (broad SMARTS) is 2. The van der Waals surface area contributed by atoms with E-state index in [-0.39, 0.29) is 11.5 Å². The lowest BCUT2D eigenvalue weighted by Gasteiger charge is -2.13. The molecule has 0 rings (SSSR count). The second-order valence-corrected chi connectivity index (χ2v) is 4.47. The first-order valence-corrected chi connectivity index (χ1v) is 6.44. The summed E-state index contributed by atoms with van der Waals surface area (Å²) in [6.45, 7) is 1.93. The third-order valence-corrected chi connectivity index (χ3v) is 2.86. The van der Waals surface area contributed by atoms with Crippen LogP contribution in [-0.2, 0) is 14.4 Å². The first-order chi connectivity index (χ1) is 7.97. The Kier molecular flexibility index (Phi) is 8.21. The lowest BCUT2D eigenvalue weighted by Crippen LogP contribution is -2.41. The SMILES string of the molecule is CCCCC(NC(=O)CSCC(=O)O)C(=O)O. The fourth-order valence-electron chi connectivity index (χ4n) is 1.13. The van der Waals surface area contributed by atoms with E-state index in [1.807, 2.05) is 6.92 Å². The van der Waals surface area contributed by atoms with Crippen LogP contribution >= 0.6 is 11.8 Å².